The maximum absolute atomic E-state index is 12.3. The molecule has 0 saturated carbocycles. The van der Waals surface area contributed by atoms with Gasteiger partial charge in [-0.1, -0.05) is 70.9 Å². The molecule has 0 radical (unpaired) electrons. The summed E-state index contributed by atoms with van der Waals surface area (Å²) in [5.74, 6) is 1.89. The molecule has 0 unspecified atom stereocenters. The highest BCUT2D eigenvalue weighted by Gasteiger charge is 2.02. The Labute approximate surface area is 187 Å². The topological polar surface area (TPSA) is 44.8 Å². The Morgan fingerprint density at radius 2 is 1.10 bits per heavy atom. The average molecular weight is 427 g/mol. The first-order valence-corrected chi connectivity index (χ1v) is 11.8. The lowest BCUT2D eigenvalue weighted by Gasteiger charge is -2.08. The third kappa shape index (κ3) is 10.4. The van der Waals surface area contributed by atoms with Crippen molar-refractivity contribution in [3.05, 3.63) is 64.3 Å². The minimum atomic E-state index is -0.149. The fraction of sp³-hybridized carbons (Fsp3) is 0.519. The third-order valence-corrected chi connectivity index (χ3v) is 5.14. The van der Waals surface area contributed by atoms with Crippen molar-refractivity contribution >= 4 is 0 Å². The van der Waals surface area contributed by atoms with E-state index in [1.807, 2.05) is 24.3 Å². The zero-order valence-electron chi connectivity index (χ0n) is 19.2. The van der Waals surface area contributed by atoms with Gasteiger partial charge in [0.25, 0.3) is 0 Å². The molecule has 2 aromatic rings. The highest BCUT2D eigenvalue weighted by molar-refractivity contribution is 5.30. The monoisotopic (exact) mass is 426 g/mol. The summed E-state index contributed by atoms with van der Waals surface area (Å²) >= 11 is 0. The first kappa shape index (κ1) is 24.8. The molecule has 170 valence electrons. The summed E-state index contributed by atoms with van der Waals surface area (Å²) in [6.07, 6.45) is 10.8. The van der Waals surface area contributed by atoms with Gasteiger partial charge in [0, 0.05) is 0 Å². The Balaban J connectivity index is 1.77. The number of unbranched alkanes of at least 4 members (excludes halogenated alkanes) is 7. The van der Waals surface area contributed by atoms with E-state index in [1.165, 1.54) is 51.0 Å². The van der Waals surface area contributed by atoms with Crippen molar-refractivity contribution < 1.29 is 14.2 Å². The highest BCUT2D eigenvalue weighted by Crippen LogP contribution is 2.16. The molecule has 0 aromatic heterocycles. The molecule has 0 amide bonds. The maximum Gasteiger partial charge on any atom is 0.220 e. The zero-order valence-corrected chi connectivity index (χ0v) is 19.2. The third-order valence-electron chi connectivity index (χ3n) is 5.14. The number of benzene rings is 1. The van der Waals surface area contributed by atoms with Crippen LogP contribution in [0.15, 0.2) is 53.3 Å². The second-order valence-electron chi connectivity index (χ2n) is 7.90. The first-order valence-electron chi connectivity index (χ1n) is 11.8. The lowest BCUT2D eigenvalue weighted by Crippen LogP contribution is -2.04. The normalized spacial score (nSPS) is 10.6. The van der Waals surface area contributed by atoms with E-state index < -0.39 is 0 Å². The molecule has 0 aliphatic carbocycles. The second kappa shape index (κ2) is 15.3. The number of hydrogen-bond acceptors (Lipinski definition) is 4. The lowest BCUT2D eigenvalue weighted by atomic mass is 10.2. The molecule has 0 fully saturated rings. The molecule has 0 saturated heterocycles. The van der Waals surface area contributed by atoms with Gasteiger partial charge in [-0.05, 0) is 54.8 Å². The van der Waals surface area contributed by atoms with Crippen molar-refractivity contribution in [3.8, 4) is 17.2 Å². The fourth-order valence-corrected chi connectivity index (χ4v) is 3.21. The lowest BCUT2D eigenvalue weighted by molar-refractivity contribution is 0.298. The van der Waals surface area contributed by atoms with Crippen LogP contribution in [-0.2, 0) is 6.61 Å². The minimum absolute atomic E-state index is 0.149. The van der Waals surface area contributed by atoms with Crippen LogP contribution in [0, 0.1) is 0 Å². The van der Waals surface area contributed by atoms with Gasteiger partial charge in [0.05, 0.1) is 13.2 Å². The van der Waals surface area contributed by atoms with Crippen LogP contribution < -0.4 is 19.6 Å². The predicted octanol–water partition coefficient (Wildman–Crippen LogP) is 6.93. The van der Waals surface area contributed by atoms with Gasteiger partial charge in [-0.2, -0.15) is 0 Å². The van der Waals surface area contributed by atoms with Crippen LogP contribution in [0.1, 0.15) is 77.2 Å². The standard InChI is InChI=1S/C27H38O4/c1-3-5-7-9-11-21-29-24-14-12-23(13-15-24)22-31-27-19-17-25(16-18-26(27)28)30-20-10-8-6-4-2/h12-19H,3-11,20-22H2,1-2H3. The molecular weight excluding hydrogens is 388 g/mol. The van der Waals surface area contributed by atoms with Gasteiger partial charge in [-0.25, -0.2) is 0 Å². The number of hydrogen-bond donors (Lipinski definition) is 0. The largest absolute Gasteiger partial charge is 0.494 e. The molecule has 0 heterocycles. The SMILES string of the molecule is CCCCCCCOc1ccc(COc2ccc(OCCCCCC)ccc2=O)cc1. The summed E-state index contributed by atoms with van der Waals surface area (Å²) in [6.45, 7) is 6.17. The van der Waals surface area contributed by atoms with Crippen LogP contribution in [0.2, 0.25) is 0 Å². The highest BCUT2D eigenvalue weighted by atomic mass is 16.5. The van der Waals surface area contributed by atoms with Crippen LogP contribution in [0.4, 0.5) is 0 Å². The van der Waals surface area contributed by atoms with Gasteiger partial charge < -0.3 is 14.2 Å². The summed E-state index contributed by atoms with van der Waals surface area (Å²) in [7, 11) is 0. The van der Waals surface area contributed by atoms with Crippen LogP contribution in [0.3, 0.4) is 0 Å². The zero-order chi connectivity index (χ0) is 22.2. The van der Waals surface area contributed by atoms with Gasteiger partial charge in [-0.15, -0.1) is 0 Å². The Morgan fingerprint density at radius 1 is 0.581 bits per heavy atom. The van der Waals surface area contributed by atoms with Gasteiger partial charge in [0.2, 0.25) is 5.43 Å². The molecule has 0 aliphatic heterocycles. The van der Waals surface area contributed by atoms with E-state index in [1.54, 1.807) is 18.2 Å². The van der Waals surface area contributed by atoms with Crippen molar-refractivity contribution in [2.24, 2.45) is 0 Å². The van der Waals surface area contributed by atoms with Gasteiger partial charge >= 0.3 is 0 Å². The van der Waals surface area contributed by atoms with Crippen molar-refractivity contribution in [1.82, 2.24) is 0 Å². The second-order valence-corrected chi connectivity index (χ2v) is 7.90. The molecule has 2 rings (SSSR count). The van der Waals surface area contributed by atoms with Gasteiger partial charge in [-0.3, -0.25) is 4.79 Å². The van der Waals surface area contributed by atoms with Gasteiger partial charge in [0.1, 0.15) is 18.1 Å². The quantitative estimate of drug-likeness (QED) is 0.273. The molecule has 0 bridgehead atoms. The van der Waals surface area contributed by atoms with Crippen molar-refractivity contribution in [1.29, 1.82) is 0 Å². The molecule has 2 aromatic carbocycles. The van der Waals surface area contributed by atoms with Crippen LogP contribution in [0.25, 0.3) is 0 Å². The molecule has 0 atom stereocenters. The molecular formula is C27H38O4. The molecule has 31 heavy (non-hydrogen) atoms. The van der Waals surface area contributed by atoms with Crippen LogP contribution >= 0.6 is 0 Å². The van der Waals surface area contributed by atoms with Crippen molar-refractivity contribution in [2.75, 3.05) is 13.2 Å². The van der Waals surface area contributed by atoms with Crippen molar-refractivity contribution in [2.45, 2.75) is 78.2 Å². The van der Waals surface area contributed by atoms with Crippen LogP contribution in [-0.4, -0.2) is 13.2 Å². The first-order chi connectivity index (χ1) is 15.2. The smallest absolute Gasteiger partial charge is 0.220 e. The predicted molar refractivity (Wildman–Crippen MR) is 127 cm³/mol. The summed E-state index contributed by atoms with van der Waals surface area (Å²) in [5, 5.41) is 0. The Hall–Kier alpha value is -2.49. The molecule has 0 N–H and O–H groups in total. The van der Waals surface area contributed by atoms with Crippen LogP contribution in [0.5, 0.6) is 17.2 Å². The van der Waals surface area contributed by atoms with E-state index in [2.05, 4.69) is 13.8 Å². The minimum Gasteiger partial charge on any atom is -0.494 e. The Kier molecular flexibility index (Phi) is 12.3. The van der Waals surface area contributed by atoms with Gasteiger partial charge in [0.15, 0.2) is 5.75 Å². The number of ether oxygens (including phenoxy) is 3. The fourth-order valence-electron chi connectivity index (χ4n) is 3.21. The Bertz CT molecular complexity index is 786. The van der Waals surface area contributed by atoms with E-state index in [0.29, 0.717) is 24.7 Å². The number of rotatable bonds is 16. The Morgan fingerprint density at radius 3 is 1.71 bits per heavy atom. The van der Waals surface area contributed by atoms with E-state index in [4.69, 9.17) is 14.2 Å². The molecule has 4 nitrogen and oxygen atoms in total. The van der Waals surface area contributed by atoms with E-state index in [9.17, 15) is 4.79 Å². The average Bonchev–Trinajstić information content (AvgIpc) is 2.96. The van der Waals surface area contributed by atoms with Crippen molar-refractivity contribution in [3.63, 3.8) is 0 Å². The molecule has 4 heteroatoms. The molecule has 0 aliphatic rings. The van der Waals surface area contributed by atoms with E-state index >= 15 is 0 Å². The summed E-state index contributed by atoms with van der Waals surface area (Å²) < 4.78 is 17.3. The molecule has 0 spiro atoms. The maximum atomic E-state index is 12.3. The summed E-state index contributed by atoms with van der Waals surface area (Å²) in [5.41, 5.74) is 0.845. The summed E-state index contributed by atoms with van der Waals surface area (Å²) in [4.78, 5) is 12.3. The van der Waals surface area contributed by atoms with E-state index in [-0.39, 0.29) is 5.43 Å². The summed E-state index contributed by atoms with van der Waals surface area (Å²) in [6, 6.07) is 14.6. The van der Waals surface area contributed by atoms with E-state index in [0.717, 1.165) is 30.8 Å².